The summed E-state index contributed by atoms with van der Waals surface area (Å²) >= 11 is 6.06. The van der Waals surface area contributed by atoms with Crippen LogP contribution < -0.4 is 9.47 Å². The molecule has 2 aromatic carbocycles. The number of hydrogen-bond donors (Lipinski definition) is 0. The number of aliphatic imine (C=N–C) groups is 1. The number of nitro groups is 1. The number of carbonyl (C=O) groups is 1. The van der Waals surface area contributed by atoms with Gasteiger partial charge in [-0.05, 0) is 18.2 Å². The number of nitro benzene ring substituents is 1. The zero-order valence-corrected chi connectivity index (χ0v) is 15.0. The molecule has 0 unspecified atom stereocenters. The SMILES string of the molecule is COc1cccc(/C=C2/N=C(c3ccc([N+](=O)[O-])cc3Cl)OC2=O)c1OC. The minimum atomic E-state index is -0.677. The number of rotatable bonds is 5. The van der Waals surface area contributed by atoms with Crippen molar-refractivity contribution < 1.29 is 23.9 Å². The average Bonchev–Trinajstić information content (AvgIpc) is 3.01. The van der Waals surface area contributed by atoms with Crippen molar-refractivity contribution >= 4 is 35.2 Å². The summed E-state index contributed by atoms with van der Waals surface area (Å²) in [4.78, 5) is 26.6. The number of para-hydroxylation sites is 1. The molecule has 0 saturated heterocycles. The number of benzene rings is 2. The van der Waals surface area contributed by atoms with Crippen LogP contribution in [-0.4, -0.2) is 31.0 Å². The van der Waals surface area contributed by atoms with E-state index in [1.165, 1.54) is 38.5 Å². The summed E-state index contributed by atoms with van der Waals surface area (Å²) in [5, 5.41) is 10.9. The van der Waals surface area contributed by atoms with Gasteiger partial charge in [-0.25, -0.2) is 9.79 Å². The van der Waals surface area contributed by atoms with E-state index < -0.39 is 10.9 Å². The van der Waals surface area contributed by atoms with Gasteiger partial charge in [0.05, 0.1) is 29.7 Å². The number of esters is 1. The molecular weight excluding hydrogens is 376 g/mol. The Kier molecular flexibility index (Phi) is 5.09. The van der Waals surface area contributed by atoms with Crippen molar-refractivity contribution in [2.75, 3.05) is 14.2 Å². The summed E-state index contributed by atoms with van der Waals surface area (Å²) in [5.41, 5.74) is 0.705. The zero-order valence-electron chi connectivity index (χ0n) is 14.3. The van der Waals surface area contributed by atoms with Crippen molar-refractivity contribution in [3.05, 3.63) is 68.4 Å². The zero-order chi connectivity index (χ0) is 19.6. The fourth-order valence-electron chi connectivity index (χ4n) is 2.49. The Morgan fingerprint density at radius 3 is 2.63 bits per heavy atom. The molecule has 0 spiro atoms. The summed E-state index contributed by atoms with van der Waals surface area (Å²) in [6.07, 6.45) is 1.50. The lowest BCUT2D eigenvalue weighted by molar-refractivity contribution is -0.384. The molecule has 3 rings (SSSR count). The molecule has 0 aromatic heterocycles. The van der Waals surface area contributed by atoms with Crippen LogP contribution in [0.3, 0.4) is 0 Å². The monoisotopic (exact) mass is 388 g/mol. The van der Waals surface area contributed by atoms with E-state index in [0.717, 1.165) is 0 Å². The minimum Gasteiger partial charge on any atom is -0.493 e. The topological polar surface area (TPSA) is 100 Å². The fraction of sp³-hybridized carbons (Fsp3) is 0.111. The lowest BCUT2D eigenvalue weighted by atomic mass is 10.1. The Bertz CT molecular complexity index is 999. The van der Waals surface area contributed by atoms with Crippen LogP contribution >= 0.6 is 11.6 Å². The summed E-state index contributed by atoms with van der Waals surface area (Å²) < 4.78 is 15.7. The van der Waals surface area contributed by atoms with Gasteiger partial charge in [-0.15, -0.1) is 0 Å². The number of methoxy groups -OCH3 is 2. The number of non-ortho nitro benzene ring substituents is 1. The van der Waals surface area contributed by atoms with Crippen LogP contribution in [0.2, 0.25) is 5.02 Å². The van der Waals surface area contributed by atoms with E-state index in [4.69, 9.17) is 25.8 Å². The van der Waals surface area contributed by atoms with Gasteiger partial charge in [-0.1, -0.05) is 23.7 Å². The number of nitrogens with zero attached hydrogens (tertiary/aromatic N) is 2. The van der Waals surface area contributed by atoms with Gasteiger partial charge in [0.15, 0.2) is 17.2 Å². The molecule has 9 heteroatoms. The van der Waals surface area contributed by atoms with Gasteiger partial charge in [0, 0.05) is 17.7 Å². The molecule has 1 aliphatic rings. The van der Waals surface area contributed by atoms with Crippen molar-refractivity contribution in [1.82, 2.24) is 0 Å². The van der Waals surface area contributed by atoms with Crippen LogP contribution in [0.1, 0.15) is 11.1 Å². The number of halogens is 1. The normalized spacial score (nSPS) is 14.7. The van der Waals surface area contributed by atoms with Crippen LogP contribution in [0.5, 0.6) is 11.5 Å². The number of cyclic esters (lactones) is 1. The van der Waals surface area contributed by atoms with E-state index in [2.05, 4.69) is 4.99 Å². The molecule has 0 fully saturated rings. The second-order valence-corrected chi connectivity index (χ2v) is 5.75. The first kappa shape index (κ1) is 18.4. The Morgan fingerprint density at radius 1 is 1.22 bits per heavy atom. The first-order chi connectivity index (χ1) is 12.9. The molecule has 1 heterocycles. The Hall–Kier alpha value is -3.39. The van der Waals surface area contributed by atoms with E-state index in [1.54, 1.807) is 18.2 Å². The van der Waals surface area contributed by atoms with Gasteiger partial charge in [-0.3, -0.25) is 10.1 Å². The molecular formula is C18H13ClN2O6. The molecule has 8 nitrogen and oxygen atoms in total. The molecule has 0 saturated carbocycles. The highest BCUT2D eigenvalue weighted by molar-refractivity contribution is 6.34. The molecule has 0 bridgehead atoms. The lowest BCUT2D eigenvalue weighted by Crippen LogP contribution is -2.06. The molecule has 0 atom stereocenters. The molecule has 1 aliphatic heterocycles. The quantitative estimate of drug-likeness (QED) is 0.335. The minimum absolute atomic E-state index is 0.0333. The highest BCUT2D eigenvalue weighted by Gasteiger charge is 2.27. The Morgan fingerprint density at radius 2 is 2.00 bits per heavy atom. The predicted molar refractivity (Wildman–Crippen MR) is 98.3 cm³/mol. The fourth-order valence-corrected chi connectivity index (χ4v) is 2.74. The second kappa shape index (κ2) is 7.46. The number of carbonyl (C=O) groups excluding carboxylic acids is 1. The van der Waals surface area contributed by atoms with Crippen LogP contribution in [0.4, 0.5) is 5.69 Å². The Labute approximate surface area is 158 Å². The standard InChI is InChI=1S/C18H13ClN2O6/c1-25-15-5-3-4-10(16(15)26-2)8-14-18(22)27-17(20-14)12-7-6-11(21(23)24)9-13(12)19/h3-9H,1-2H3/b14-8+. The van der Waals surface area contributed by atoms with Gasteiger partial charge in [-0.2, -0.15) is 0 Å². The third kappa shape index (κ3) is 3.61. The third-order valence-electron chi connectivity index (χ3n) is 3.74. The maximum atomic E-state index is 12.2. The molecule has 2 aromatic rings. The summed E-state index contributed by atoms with van der Waals surface area (Å²) in [5.74, 6) is 0.232. The van der Waals surface area contributed by atoms with Gasteiger partial charge < -0.3 is 14.2 Å². The van der Waals surface area contributed by atoms with E-state index in [1.807, 2.05) is 0 Å². The van der Waals surface area contributed by atoms with Gasteiger partial charge in [0.25, 0.3) is 5.69 Å². The van der Waals surface area contributed by atoms with Gasteiger partial charge >= 0.3 is 5.97 Å². The second-order valence-electron chi connectivity index (χ2n) is 5.34. The lowest BCUT2D eigenvalue weighted by Gasteiger charge is -2.09. The summed E-state index contributed by atoms with van der Waals surface area (Å²) in [7, 11) is 2.99. The van der Waals surface area contributed by atoms with Crippen LogP contribution in [0, 0.1) is 10.1 Å². The van der Waals surface area contributed by atoms with E-state index >= 15 is 0 Å². The van der Waals surface area contributed by atoms with E-state index in [0.29, 0.717) is 17.1 Å². The van der Waals surface area contributed by atoms with Gasteiger partial charge in [0.2, 0.25) is 5.90 Å². The maximum Gasteiger partial charge on any atom is 0.363 e. The van der Waals surface area contributed by atoms with Crippen LogP contribution in [-0.2, 0) is 9.53 Å². The van der Waals surface area contributed by atoms with Crippen molar-refractivity contribution in [1.29, 1.82) is 0 Å². The third-order valence-corrected chi connectivity index (χ3v) is 4.05. The molecule has 0 radical (unpaired) electrons. The molecule has 27 heavy (non-hydrogen) atoms. The van der Waals surface area contributed by atoms with Crippen molar-refractivity contribution in [2.45, 2.75) is 0 Å². The molecule has 0 amide bonds. The largest absolute Gasteiger partial charge is 0.493 e. The first-order valence-electron chi connectivity index (χ1n) is 7.62. The number of hydrogen-bond acceptors (Lipinski definition) is 7. The molecule has 138 valence electrons. The van der Waals surface area contributed by atoms with Crippen LogP contribution in [0.25, 0.3) is 6.08 Å². The molecule has 0 N–H and O–H groups in total. The molecule has 0 aliphatic carbocycles. The predicted octanol–water partition coefficient (Wildman–Crippen LogP) is 3.61. The highest BCUT2D eigenvalue weighted by Crippen LogP contribution is 2.33. The maximum absolute atomic E-state index is 12.2. The van der Waals surface area contributed by atoms with E-state index in [9.17, 15) is 14.9 Å². The van der Waals surface area contributed by atoms with Gasteiger partial charge in [0.1, 0.15) is 0 Å². The highest BCUT2D eigenvalue weighted by atomic mass is 35.5. The summed E-state index contributed by atoms with van der Waals surface area (Å²) in [6.45, 7) is 0. The first-order valence-corrected chi connectivity index (χ1v) is 8.00. The van der Waals surface area contributed by atoms with Crippen LogP contribution in [0.15, 0.2) is 47.1 Å². The number of ether oxygens (including phenoxy) is 3. The Balaban J connectivity index is 2.00. The van der Waals surface area contributed by atoms with Crippen molar-refractivity contribution in [3.63, 3.8) is 0 Å². The smallest absolute Gasteiger partial charge is 0.363 e. The van der Waals surface area contributed by atoms with Crippen molar-refractivity contribution in [2.24, 2.45) is 4.99 Å². The van der Waals surface area contributed by atoms with Crippen molar-refractivity contribution in [3.8, 4) is 11.5 Å². The average molecular weight is 389 g/mol. The summed E-state index contributed by atoms with van der Waals surface area (Å²) in [6, 6.07) is 8.99. The van der Waals surface area contributed by atoms with E-state index in [-0.39, 0.29) is 27.9 Å².